The topological polar surface area (TPSA) is 6.48 Å². The Morgan fingerprint density at radius 3 is 1.12 bits per heavy atom. The van der Waals surface area contributed by atoms with Crippen molar-refractivity contribution in [2.75, 3.05) is 39.3 Å². The van der Waals surface area contributed by atoms with E-state index < -0.39 is 0 Å². The molecule has 24 heavy (non-hydrogen) atoms. The molecule has 0 aromatic rings. The van der Waals surface area contributed by atoms with Gasteiger partial charge in [0.15, 0.2) is 0 Å². The van der Waals surface area contributed by atoms with Crippen LogP contribution in [0.1, 0.15) is 91.9 Å². The Morgan fingerprint density at radius 1 is 0.458 bits per heavy atom. The normalized spacial score (nSPS) is 11.1. The van der Waals surface area contributed by atoms with Crippen LogP contribution in [0.2, 0.25) is 0 Å². The molecule has 0 N–H and O–H groups in total. The molecule has 0 fully saturated rings. The van der Waals surface area contributed by atoms with Crippen LogP contribution in [0.4, 0.5) is 0 Å². The van der Waals surface area contributed by atoms with Crippen LogP contribution >= 0.6 is 0 Å². The van der Waals surface area contributed by atoms with E-state index in [1.807, 2.05) is 0 Å². The molecule has 2 heteroatoms. The smallest absolute Gasteiger partial charge is 0.00886 e. The largest absolute Gasteiger partial charge is 0.304 e. The zero-order valence-electron chi connectivity index (χ0n) is 17.2. The molecule has 0 heterocycles. The lowest BCUT2D eigenvalue weighted by Gasteiger charge is -2.17. The Labute approximate surface area is 153 Å². The van der Waals surface area contributed by atoms with Gasteiger partial charge in [0.05, 0.1) is 0 Å². The third-order valence-electron chi connectivity index (χ3n) is 4.97. The van der Waals surface area contributed by atoms with Gasteiger partial charge in [-0.2, -0.15) is 0 Å². The third kappa shape index (κ3) is 15.0. The first-order valence-corrected chi connectivity index (χ1v) is 10.7. The van der Waals surface area contributed by atoms with Crippen LogP contribution in [0, 0.1) is 11.8 Å². The van der Waals surface area contributed by atoms with Gasteiger partial charge in [-0.15, -0.1) is 11.8 Å². The summed E-state index contributed by atoms with van der Waals surface area (Å²) in [6, 6.07) is 0. The van der Waals surface area contributed by atoms with Crippen molar-refractivity contribution in [3.63, 3.8) is 0 Å². The Bertz CT molecular complexity index is 267. The summed E-state index contributed by atoms with van der Waals surface area (Å²) in [6.07, 6.45) is 12.9. The fraction of sp³-hybridized carbons (Fsp3) is 0.909. The average molecular weight is 337 g/mol. The van der Waals surface area contributed by atoms with Crippen molar-refractivity contribution in [1.82, 2.24) is 9.80 Å². The van der Waals surface area contributed by atoms with Crippen molar-refractivity contribution in [3.8, 4) is 11.8 Å². The SMILES string of the molecule is CCN(CC)CCCCCCC#CCCCCCCN(CC)CC. The van der Waals surface area contributed by atoms with Gasteiger partial charge in [-0.1, -0.05) is 53.4 Å². The minimum absolute atomic E-state index is 1.10. The summed E-state index contributed by atoms with van der Waals surface area (Å²) < 4.78 is 0. The van der Waals surface area contributed by atoms with Gasteiger partial charge < -0.3 is 9.80 Å². The van der Waals surface area contributed by atoms with Gasteiger partial charge in [-0.05, 0) is 65.0 Å². The van der Waals surface area contributed by atoms with Crippen molar-refractivity contribution < 1.29 is 0 Å². The molecule has 0 atom stereocenters. The highest BCUT2D eigenvalue weighted by Crippen LogP contribution is 2.05. The third-order valence-corrected chi connectivity index (χ3v) is 4.97. The molecular formula is C22H44N2. The maximum Gasteiger partial charge on any atom is 0.00886 e. The quantitative estimate of drug-likeness (QED) is 0.268. The summed E-state index contributed by atoms with van der Waals surface area (Å²) in [6.45, 7) is 16.3. The zero-order valence-corrected chi connectivity index (χ0v) is 17.2. The van der Waals surface area contributed by atoms with Crippen molar-refractivity contribution in [2.24, 2.45) is 0 Å². The lowest BCUT2D eigenvalue weighted by atomic mass is 10.1. The van der Waals surface area contributed by atoms with E-state index in [1.54, 1.807) is 0 Å². The number of rotatable bonds is 16. The van der Waals surface area contributed by atoms with E-state index in [9.17, 15) is 0 Å². The highest BCUT2D eigenvalue weighted by atomic mass is 15.1. The molecule has 2 nitrogen and oxygen atoms in total. The predicted octanol–water partition coefficient (Wildman–Crippen LogP) is 5.57. The standard InChI is InChI=1S/C22H44N2/c1-5-23(6-2)21-19-17-15-13-11-9-10-12-14-16-18-20-22-24(7-3)8-4/h5-8,11-22H2,1-4H3. The van der Waals surface area contributed by atoms with Gasteiger partial charge in [-0.25, -0.2) is 0 Å². The molecule has 0 aromatic carbocycles. The summed E-state index contributed by atoms with van der Waals surface area (Å²) in [5, 5.41) is 0. The van der Waals surface area contributed by atoms with E-state index in [2.05, 4.69) is 49.3 Å². The van der Waals surface area contributed by atoms with Crippen molar-refractivity contribution >= 4 is 0 Å². The first kappa shape index (κ1) is 23.5. The molecule has 0 spiro atoms. The first-order valence-electron chi connectivity index (χ1n) is 10.7. The number of hydrogen-bond acceptors (Lipinski definition) is 2. The molecule has 0 aliphatic carbocycles. The number of unbranched alkanes of at least 4 members (excludes halogenated alkanes) is 8. The maximum atomic E-state index is 3.37. The number of hydrogen-bond donors (Lipinski definition) is 0. The summed E-state index contributed by atoms with van der Waals surface area (Å²) in [7, 11) is 0. The Hall–Kier alpha value is -0.520. The molecular weight excluding hydrogens is 292 g/mol. The average Bonchev–Trinajstić information content (AvgIpc) is 2.62. The number of nitrogens with zero attached hydrogens (tertiary/aromatic N) is 2. The minimum atomic E-state index is 1.10. The molecule has 0 unspecified atom stereocenters. The van der Waals surface area contributed by atoms with Crippen molar-refractivity contribution in [1.29, 1.82) is 0 Å². The summed E-state index contributed by atoms with van der Waals surface area (Å²) >= 11 is 0. The van der Waals surface area contributed by atoms with Gasteiger partial charge in [0.2, 0.25) is 0 Å². The fourth-order valence-corrected chi connectivity index (χ4v) is 3.06. The Kier molecular flexibility index (Phi) is 18.4. The van der Waals surface area contributed by atoms with Gasteiger partial charge in [-0.3, -0.25) is 0 Å². The Morgan fingerprint density at radius 2 is 0.792 bits per heavy atom. The lowest BCUT2D eigenvalue weighted by molar-refractivity contribution is 0.295. The monoisotopic (exact) mass is 336 g/mol. The second kappa shape index (κ2) is 18.8. The van der Waals surface area contributed by atoms with E-state index in [1.165, 1.54) is 90.6 Å². The molecule has 0 aliphatic heterocycles. The lowest BCUT2D eigenvalue weighted by Crippen LogP contribution is -2.23. The van der Waals surface area contributed by atoms with Crippen LogP contribution in [0.15, 0.2) is 0 Å². The minimum Gasteiger partial charge on any atom is -0.304 e. The zero-order chi connectivity index (χ0) is 17.9. The van der Waals surface area contributed by atoms with Crippen molar-refractivity contribution in [3.05, 3.63) is 0 Å². The summed E-state index contributed by atoms with van der Waals surface area (Å²) in [5.74, 6) is 6.73. The van der Waals surface area contributed by atoms with Gasteiger partial charge in [0, 0.05) is 12.8 Å². The van der Waals surface area contributed by atoms with Gasteiger partial charge in [0.1, 0.15) is 0 Å². The van der Waals surface area contributed by atoms with Crippen LogP contribution < -0.4 is 0 Å². The highest BCUT2D eigenvalue weighted by Gasteiger charge is 1.98. The molecule has 0 saturated carbocycles. The molecule has 0 radical (unpaired) electrons. The molecule has 0 amide bonds. The van der Waals surface area contributed by atoms with E-state index in [4.69, 9.17) is 0 Å². The van der Waals surface area contributed by atoms with E-state index in [0.717, 1.165) is 12.8 Å². The molecule has 142 valence electrons. The van der Waals surface area contributed by atoms with Gasteiger partial charge in [0.25, 0.3) is 0 Å². The summed E-state index contributed by atoms with van der Waals surface area (Å²) in [5.41, 5.74) is 0. The Balaban J connectivity index is 3.29. The van der Waals surface area contributed by atoms with Crippen LogP contribution in [-0.2, 0) is 0 Å². The maximum absolute atomic E-state index is 3.37. The van der Waals surface area contributed by atoms with Crippen LogP contribution in [-0.4, -0.2) is 49.1 Å². The second-order valence-corrected chi connectivity index (χ2v) is 6.74. The van der Waals surface area contributed by atoms with E-state index >= 15 is 0 Å². The van der Waals surface area contributed by atoms with Crippen LogP contribution in [0.25, 0.3) is 0 Å². The van der Waals surface area contributed by atoms with E-state index in [0.29, 0.717) is 0 Å². The summed E-state index contributed by atoms with van der Waals surface area (Å²) in [4.78, 5) is 5.03. The molecule has 0 aromatic heterocycles. The molecule has 0 bridgehead atoms. The molecule has 0 saturated heterocycles. The molecule has 0 rings (SSSR count). The fourth-order valence-electron chi connectivity index (χ4n) is 3.06. The van der Waals surface area contributed by atoms with Crippen LogP contribution in [0.3, 0.4) is 0 Å². The highest BCUT2D eigenvalue weighted by molar-refractivity contribution is 4.98. The van der Waals surface area contributed by atoms with E-state index in [-0.39, 0.29) is 0 Å². The first-order chi connectivity index (χ1) is 11.8. The van der Waals surface area contributed by atoms with Crippen molar-refractivity contribution in [2.45, 2.75) is 91.9 Å². The molecule has 0 aliphatic rings. The van der Waals surface area contributed by atoms with Crippen LogP contribution in [0.5, 0.6) is 0 Å². The van der Waals surface area contributed by atoms with Gasteiger partial charge >= 0.3 is 0 Å². The second-order valence-electron chi connectivity index (χ2n) is 6.74. The predicted molar refractivity (Wildman–Crippen MR) is 110 cm³/mol.